The summed E-state index contributed by atoms with van der Waals surface area (Å²) in [5.74, 6) is 0.237. The fourth-order valence-electron chi connectivity index (χ4n) is 1.78. The summed E-state index contributed by atoms with van der Waals surface area (Å²) in [6.45, 7) is 3.25. The maximum Gasteiger partial charge on any atom is 0.410 e. The Morgan fingerprint density at radius 1 is 1.22 bits per heavy atom. The molecular formula is C13H18F3NO. The summed E-state index contributed by atoms with van der Waals surface area (Å²) in [6, 6.07) is 6.20. The first-order valence-electron chi connectivity index (χ1n) is 5.82. The second-order valence-electron chi connectivity index (χ2n) is 4.25. The molecule has 0 aromatic heterocycles. The van der Waals surface area contributed by atoms with Crippen LogP contribution in [0.5, 0.6) is 5.75 Å². The van der Waals surface area contributed by atoms with Crippen molar-refractivity contribution >= 4 is 0 Å². The Labute approximate surface area is 105 Å². The largest absolute Gasteiger partial charge is 0.496 e. The van der Waals surface area contributed by atoms with Crippen LogP contribution in [0.15, 0.2) is 24.3 Å². The number of methoxy groups -OCH3 is 1. The molecule has 0 saturated heterocycles. The molecule has 1 rings (SSSR count). The molecule has 0 aliphatic heterocycles. The standard InChI is InChI=1S/C13H18F3NO/c1-4-9-17-12(2,13(14,15)16)10-7-5-6-8-11(10)18-3/h5-8,17H,4,9H2,1-3H3. The molecule has 0 heterocycles. The average molecular weight is 261 g/mol. The van der Waals surface area contributed by atoms with E-state index in [4.69, 9.17) is 4.74 Å². The summed E-state index contributed by atoms with van der Waals surface area (Å²) in [7, 11) is 1.37. The zero-order valence-electron chi connectivity index (χ0n) is 10.8. The minimum atomic E-state index is -4.39. The van der Waals surface area contributed by atoms with Gasteiger partial charge in [-0.15, -0.1) is 0 Å². The minimum Gasteiger partial charge on any atom is -0.496 e. The van der Waals surface area contributed by atoms with Crippen LogP contribution >= 0.6 is 0 Å². The van der Waals surface area contributed by atoms with Gasteiger partial charge in [0.25, 0.3) is 0 Å². The number of hydrogen-bond acceptors (Lipinski definition) is 2. The van der Waals surface area contributed by atoms with Crippen LogP contribution in [0.3, 0.4) is 0 Å². The summed E-state index contributed by atoms with van der Waals surface area (Å²) in [6.07, 6.45) is -3.77. The topological polar surface area (TPSA) is 21.3 Å². The summed E-state index contributed by atoms with van der Waals surface area (Å²) < 4.78 is 45.0. The van der Waals surface area contributed by atoms with Crippen LogP contribution < -0.4 is 10.1 Å². The zero-order valence-corrected chi connectivity index (χ0v) is 10.8. The van der Waals surface area contributed by atoms with Crippen molar-refractivity contribution in [1.82, 2.24) is 5.32 Å². The van der Waals surface area contributed by atoms with Gasteiger partial charge in [0.1, 0.15) is 11.3 Å². The number of ether oxygens (including phenoxy) is 1. The van der Waals surface area contributed by atoms with Crippen molar-refractivity contribution in [2.75, 3.05) is 13.7 Å². The normalized spacial score (nSPS) is 15.2. The molecule has 0 saturated carbocycles. The molecule has 2 nitrogen and oxygen atoms in total. The number of alkyl halides is 3. The third kappa shape index (κ3) is 2.77. The lowest BCUT2D eigenvalue weighted by Gasteiger charge is -2.34. The lowest BCUT2D eigenvalue weighted by atomic mass is 9.90. The van der Waals surface area contributed by atoms with Crippen LogP contribution in [0.1, 0.15) is 25.8 Å². The van der Waals surface area contributed by atoms with Crippen molar-refractivity contribution in [3.8, 4) is 5.75 Å². The Morgan fingerprint density at radius 3 is 2.33 bits per heavy atom. The summed E-state index contributed by atoms with van der Waals surface area (Å²) in [5.41, 5.74) is -2.00. The Hall–Kier alpha value is -1.23. The van der Waals surface area contributed by atoms with Crippen molar-refractivity contribution < 1.29 is 17.9 Å². The highest BCUT2D eigenvalue weighted by Crippen LogP contribution is 2.42. The Bertz CT molecular complexity index is 392. The Balaban J connectivity index is 3.25. The van der Waals surface area contributed by atoms with Gasteiger partial charge in [-0.05, 0) is 26.0 Å². The zero-order chi connectivity index (χ0) is 13.8. The molecule has 102 valence electrons. The average Bonchev–Trinajstić information content (AvgIpc) is 2.34. The van der Waals surface area contributed by atoms with Gasteiger partial charge in [-0.3, -0.25) is 0 Å². The van der Waals surface area contributed by atoms with E-state index in [9.17, 15) is 13.2 Å². The maximum absolute atomic E-state index is 13.3. The first-order chi connectivity index (χ1) is 8.36. The van der Waals surface area contributed by atoms with E-state index >= 15 is 0 Å². The summed E-state index contributed by atoms with van der Waals surface area (Å²) in [4.78, 5) is 0. The molecule has 18 heavy (non-hydrogen) atoms. The van der Waals surface area contributed by atoms with E-state index in [2.05, 4.69) is 5.32 Å². The molecule has 0 bridgehead atoms. The Morgan fingerprint density at radius 2 is 1.83 bits per heavy atom. The first kappa shape index (κ1) is 14.8. The SMILES string of the molecule is CCCNC(C)(c1ccccc1OC)C(F)(F)F. The van der Waals surface area contributed by atoms with E-state index in [0.29, 0.717) is 6.42 Å². The lowest BCUT2D eigenvalue weighted by Crippen LogP contribution is -2.52. The highest BCUT2D eigenvalue weighted by atomic mass is 19.4. The van der Waals surface area contributed by atoms with E-state index in [-0.39, 0.29) is 17.9 Å². The summed E-state index contributed by atoms with van der Waals surface area (Å²) in [5, 5.41) is 2.57. The van der Waals surface area contributed by atoms with E-state index in [1.807, 2.05) is 6.92 Å². The van der Waals surface area contributed by atoms with Gasteiger partial charge >= 0.3 is 6.18 Å². The second kappa shape index (κ2) is 5.61. The number of rotatable bonds is 5. The fraction of sp³-hybridized carbons (Fsp3) is 0.538. The van der Waals surface area contributed by atoms with Crippen molar-refractivity contribution in [2.24, 2.45) is 0 Å². The third-order valence-corrected chi connectivity index (χ3v) is 2.94. The van der Waals surface area contributed by atoms with Gasteiger partial charge < -0.3 is 10.1 Å². The van der Waals surface area contributed by atoms with Crippen molar-refractivity contribution in [1.29, 1.82) is 0 Å². The van der Waals surface area contributed by atoms with Crippen molar-refractivity contribution in [3.63, 3.8) is 0 Å². The minimum absolute atomic E-state index is 0.105. The van der Waals surface area contributed by atoms with Crippen LogP contribution in [0.25, 0.3) is 0 Å². The first-order valence-corrected chi connectivity index (χ1v) is 5.82. The highest BCUT2D eigenvalue weighted by molar-refractivity contribution is 5.40. The molecule has 1 atom stereocenters. The van der Waals surface area contributed by atoms with Crippen molar-refractivity contribution in [2.45, 2.75) is 32.0 Å². The molecular weight excluding hydrogens is 243 g/mol. The number of hydrogen-bond donors (Lipinski definition) is 1. The fourth-order valence-corrected chi connectivity index (χ4v) is 1.78. The highest BCUT2D eigenvalue weighted by Gasteiger charge is 2.53. The smallest absolute Gasteiger partial charge is 0.410 e. The van der Waals surface area contributed by atoms with Gasteiger partial charge in [0.2, 0.25) is 0 Å². The molecule has 5 heteroatoms. The van der Waals surface area contributed by atoms with E-state index in [1.165, 1.54) is 19.2 Å². The second-order valence-corrected chi connectivity index (χ2v) is 4.25. The molecule has 0 spiro atoms. The van der Waals surface area contributed by atoms with Gasteiger partial charge in [0.15, 0.2) is 0 Å². The van der Waals surface area contributed by atoms with Crippen LogP contribution in [0.2, 0.25) is 0 Å². The predicted molar refractivity (Wildman–Crippen MR) is 64.7 cm³/mol. The summed E-state index contributed by atoms with van der Waals surface area (Å²) >= 11 is 0. The molecule has 0 aliphatic rings. The number of halogens is 3. The number of nitrogens with one attached hydrogen (secondary N) is 1. The lowest BCUT2D eigenvalue weighted by molar-refractivity contribution is -0.195. The van der Waals surface area contributed by atoms with Crippen LogP contribution in [0.4, 0.5) is 13.2 Å². The third-order valence-electron chi connectivity index (χ3n) is 2.94. The maximum atomic E-state index is 13.3. The molecule has 1 unspecified atom stereocenters. The van der Waals surface area contributed by atoms with Crippen LogP contribution in [-0.4, -0.2) is 19.8 Å². The van der Waals surface area contributed by atoms with Crippen LogP contribution in [-0.2, 0) is 5.54 Å². The molecule has 0 amide bonds. The van der Waals surface area contributed by atoms with E-state index in [0.717, 1.165) is 6.92 Å². The molecule has 1 aromatic carbocycles. The van der Waals surface area contributed by atoms with Gasteiger partial charge in [-0.1, -0.05) is 25.1 Å². The van der Waals surface area contributed by atoms with E-state index in [1.54, 1.807) is 12.1 Å². The van der Waals surface area contributed by atoms with Gasteiger partial charge in [0, 0.05) is 5.56 Å². The Kier molecular flexibility index (Phi) is 4.62. The van der Waals surface area contributed by atoms with E-state index < -0.39 is 11.7 Å². The van der Waals surface area contributed by atoms with Crippen molar-refractivity contribution in [3.05, 3.63) is 29.8 Å². The van der Waals surface area contributed by atoms with Gasteiger partial charge in [-0.2, -0.15) is 13.2 Å². The molecule has 0 radical (unpaired) electrons. The molecule has 0 aliphatic carbocycles. The predicted octanol–water partition coefficient (Wildman–Crippen LogP) is 3.47. The number of para-hydroxylation sites is 1. The van der Waals surface area contributed by atoms with Gasteiger partial charge in [0.05, 0.1) is 7.11 Å². The monoisotopic (exact) mass is 261 g/mol. The van der Waals surface area contributed by atoms with Crippen LogP contribution in [0, 0.1) is 0 Å². The van der Waals surface area contributed by atoms with Gasteiger partial charge in [-0.25, -0.2) is 0 Å². The molecule has 0 fully saturated rings. The quantitative estimate of drug-likeness (QED) is 0.876. The molecule has 1 aromatic rings. The molecule has 1 N–H and O–H groups in total. The number of benzene rings is 1.